The molecule has 1 amide bonds. The van der Waals surface area contributed by atoms with Crippen molar-refractivity contribution in [1.82, 2.24) is 24.5 Å². The summed E-state index contributed by atoms with van der Waals surface area (Å²) in [6.07, 6.45) is 3.38. The molecule has 12 nitrogen and oxygen atoms in total. The van der Waals surface area contributed by atoms with Crippen LogP contribution < -0.4 is 10.6 Å². The lowest BCUT2D eigenvalue weighted by molar-refractivity contribution is -0.137. The van der Waals surface area contributed by atoms with E-state index in [4.69, 9.17) is 17.5 Å². The second kappa shape index (κ2) is 13.0. The molecule has 2 aromatic carbocycles. The van der Waals surface area contributed by atoms with Crippen molar-refractivity contribution in [3.05, 3.63) is 108 Å². The topological polar surface area (TPSA) is 172 Å². The van der Waals surface area contributed by atoms with Crippen LogP contribution in [0.4, 0.5) is 30.5 Å². The highest BCUT2D eigenvalue weighted by Crippen LogP contribution is 2.33. The summed E-state index contributed by atoms with van der Waals surface area (Å²) in [5.41, 5.74) is 3.09. The Hall–Kier alpha value is -5.19. The van der Waals surface area contributed by atoms with E-state index in [1.165, 1.54) is 17.0 Å². The molecular weight excluding hydrogens is 603 g/mol. The molecule has 0 saturated carbocycles. The zero-order valence-electron chi connectivity index (χ0n) is 23.0. The monoisotopic (exact) mass is 627 g/mol. The lowest BCUT2D eigenvalue weighted by Crippen LogP contribution is -2.14. The summed E-state index contributed by atoms with van der Waals surface area (Å²) in [6, 6.07) is 13.7. The number of hydrogen-bond donors (Lipinski definition) is 4. The Morgan fingerprint density at radius 1 is 0.977 bits per heavy atom. The Morgan fingerprint density at radius 3 is 2.36 bits per heavy atom. The zero-order chi connectivity index (χ0) is 32.1. The molecule has 4 N–H and O–H groups in total. The van der Waals surface area contributed by atoms with Crippen LogP contribution in [0.15, 0.2) is 85.7 Å². The van der Waals surface area contributed by atoms with Gasteiger partial charge in [0.05, 0.1) is 23.3 Å². The summed E-state index contributed by atoms with van der Waals surface area (Å²) in [7, 11) is -4.67. The first-order valence-corrected chi connectivity index (χ1v) is 13.9. The van der Waals surface area contributed by atoms with Gasteiger partial charge in [-0.1, -0.05) is 6.07 Å². The molecule has 0 spiro atoms. The van der Waals surface area contributed by atoms with Gasteiger partial charge in [0.2, 0.25) is 5.95 Å². The number of halogens is 3. The minimum absolute atomic E-state index is 0.00114. The molecule has 5 rings (SSSR count). The van der Waals surface area contributed by atoms with Gasteiger partial charge in [-0.3, -0.25) is 18.9 Å². The fourth-order valence-electron chi connectivity index (χ4n) is 3.87. The Bertz CT molecular complexity index is 1890. The number of anilines is 3. The van der Waals surface area contributed by atoms with E-state index >= 15 is 0 Å². The average Bonchev–Trinajstić information content (AvgIpc) is 3.39. The number of aryl methyl sites for hydroxylation is 2. The molecule has 16 heteroatoms. The van der Waals surface area contributed by atoms with Gasteiger partial charge in [0.15, 0.2) is 0 Å². The molecule has 0 atom stereocenters. The quantitative estimate of drug-likeness (QED) is 0.171. The van der Waals surface area contributed by atoms with E-state index in [0.29, 0.717) is 23.0 Å². The van der Waals surface area contributed by atoms with Gasteiger partial charge in [-0.15, -0.1) is 0 Å². The van der Waals surface area contributed by atoms with Crippen molar-refractivity contribution in [3.63, 3.8) is 0 Å². The number of nitrogens with zero attached hydrogens (tertiary/aromatic N) is 5. The standard InChI is InChI=1S/C28H22F3N7O.H2O4S/c1-17-5-6-19(10-25(17)37-27-33-9-7-24(36-27)20-4-3-8-32-14-20)26(39)35-22-11-21(28(29,30)31)12-23(13-22)38-15-18(2)34-16-38;1-5(2,3)4/h3-16H,1-2H3,(H,35,39)(H,33,36,37);(H2,1,2,3,4). The van der Waals surface area contributed by atoms with Crippen LogP contribution in [0.2, 0.25) is 0 Å². The molecule has 0 bridgehead atoms. The number of carbonyl (C=O) groups excluding carboxylic acids is 1. The lowest BCUT2D eigenvalue weighted by atomic mass is 10.1. The molecule has 3 heterocycles. The summed E-state index contributed by atoms with van der Waals surface area (Å²) < 4.78 is 73.9. The highest BCUT2D eigenvalue weighted by Gasteiger charge is 2.31. The van der Waals surface area contributed by atoms with Crippen LogP contribution in [-0.2, 0) is 16.6 Å². The second-order valence-electron chi connectivity index (χ2n) is 9.25. The largest absolute Gasteiger partial charge is 0.416 e. The number of benzene rings is 2. The van der Waals surface area contributed by atoms with E-state index in [0.717, 1.165) is 23.3 Å². The summed E-state index contributed by atoms with van der Waals surface area (Å²) in [6.45, 7) is 3.58. The van der Waals surface area contributed by atoms with Gasteiger partial charge in [-0.25, -0.2) is 15.0 Å². The Balaban J connectivity index is 0.000000818. The predicted molar refractivity (Wildman–Crippen MR) is 155 cm³/mol. The molecule has 0 unspecified atom stereocenters. The molecule has 44 heavy (non-hydrogen) atoms. The van der Waals surface area contributed by atoms with Crippen molar-refractivity contribution in [3.8, 4) is 16.9 Å². The van der Waals surface area contributed by atoms with Crippen LogP contribution in [0.5, 0.6) is 0 Å². The Kier molecular flexibility index (Phi) is 9.37. The number of imidazole rings is 1. The van der Waals surface area contributed by atoms with Crippen LogP contribution in [0.3, 0.4) is 0 Å². The van der Waals surface area contributed by atoms with Crippen LogP contribution in [-0.4, -0.2) is 47.9 Å². The number of carbonyl (C=O) groups is 1. The molecule has 5 aromatic rings. The predicted octanol–water partition coefficient (Wildman–Crippen LogP) is 5.70. The number of nitrogens with one attached hydrogen (secondary N) is 2. The van der Waals surface area contributed by atoms with Crippen molar-refractivity contribution >= 4 is 33.6 Å². The van der Waals surface area contributed by atoms with Crippen LogP contribution in [0.1, 0.15) is 27.2 Å². The van der Waals surface area contributed by atoms with Crippen molar-refractivity contribution in [1.29, 1.82) is 0 Å². The van der Waals surface area contributed by atoms with Gasteiger partial charge >= 0.3 is 16.6 Å². The summed E-state index contributed by atoms with van der Waals surface area (Å²) in [5, 5.41) is 5.71. The molecule has 0 radical (unpaired) electrons. The maximum absolute atomic E-state index is 13.6. The molecule has 0 aliphatic heterocycles. The first kappa shape index (κ1) is 31.7. The van der Waals surface area contributed by atoms with Crippen LogP contribution >= 0.6 is 0 Å². The molecule has 3 aromatic heterocycles. The first-order valence-electron chi connectivity index (χ1n) is 12.5. The third-order valence-corrected chi connectivity index (χ3v) is 5.87. The van der Waals surface area contributed by atoms with Gasteiger partial charge < -0.3 is 15.2 Å². The summed E-state index contributed by atoms with van der Waals surface area (Å²) in [4.78, 5) is 30.1. The van der Waals surface area contributed by atoms with Gasteiger partial charge in [-0.05, 0) is 67.9 Å². The van der Waals surface area contributed by atoms with E-state index in [9.17, 15) is 18.0 Å². The van der Waals surface area contributed by atoms with Gasteiger partial charge in [0.1, 0.15) is 0 Å². The Morgan fingerprint density at radius 2 is 1.73 bits per heavy atom. The van der Waals surface area contributed by atoms with Gasteiger partial charge in [0, 0.05) is 53.0 Å². The molecule has 0 aliphatic rings. The van der Waals surface area contributed by atoms with E-state index in [1.807, 2.05) is 13.0 Å². The van der Waals surface area contributed by atoms with Crippen molar-refractivity contribution in [2.45, 2.75) is 20.0 Å². The van der Waals surface area contributed by atoms with E-state index < -0.39 is 28.0 Å². The second-order valence-corrected chi connectivity index (χ2v) is 10.1. The smallest absolute Gasteiger partial charge is 0.324 e. The van der Waals surface area contributed by atoms with Crippen molar-refractivity contribution in [2.75, 3.05) is 10.6 Å². The minimum Gasteiger partial charge on any atom is -0.324 e. The fraction of sp³-hybridized carbons (Fsp3) is 0.107. The number of hydrogen-bond acceptors (Lipinski definition) is 8. The van der Waals surface area contributed by atoms with Crippen LogP contribution in [0.25, 0.3) is 16.9 Å². The number of amides is 1. The summed E-state index contributed by atoms with van der Waals surface area (Å²) in [5.74, 6) is -0.259. The summed E-state index contributed by atoms with van der Waals surface area (Å²) >= 11 is 0. The zero-order valence-corrected chi connectivity index (χ0v) is 23.8. The number of alkyl halides is 3. The fourth-order valence-corrected chi connectivity index (χ4v) is 3.87. The Labute approximate surface area is 249 Å². The maximum Gasteiger partial charge on any atom is 0.416 e. The lowest BCUT2D eigenvalue weighted by Gasteiger charge is -2.14. The normalized spacial score (nSPS) is 11.3. The third-order valence-electron chi connectivity index (χ3n) is 5.87. The third kappa shape index (κ3) is 8.90. The highest BCUT2D eigenvalue weighted by atomic mass is 32.3. The first-order chi connectivity index (χ1) is 20.7. The SMILES string of the molecule is Cc1cn(-c2cc(NC(=O)c3ccc(C)c(Nc4nccc(-c5cccnc5)n4)c3)cc(C(F)(F)F)c2)cn1.O=S(=O)(O)O. The van der Waals surface area contributed by atoms with Gasteiger partial charge in [0.25, 0.3) is 5.91 Å². The number of aromatic nitrogens is 5. The van der Waals surface area contributed by atoms with Gasteiger partial charge in [-0.2, -0.15) is 21.6 Å². The molecule has 0 saturated heterocycles. The van der Waals surface area contributed by atoms with E-state index in [-0.39, 0.29) is 16.9 Å². The highest BCUT2D eigenvalue weighted by molar-refractivity contribution is 7.79. The minimum atomic E-state index is -4.67. The maximum atomic E-state index is 13.6. The number of rotatable bonds is 6. The van der Waals surface area contributed by atoms with Crippen LogP contribution in [0, 0.1) is 13.8 Å². The molecule has 0 aliphatic carbocycles. The molecule has 228 valence electrons. The van der Waals surface area contributed by atoms with E-state index in [2.05, 4.69) is 30.6 Å². The average molecular weight is 628 g/mol. The van der Waals surface area contributed by atoms with E-state index in [1.54, 1.807) is 62.0 Å². The molecule has 0 fully saturated rings. The number of pyridine rings is 1. The van der Waals surface area contributed by atoms with Crippen molar-refractivity contribution in [2.24, 2.45) is 0 Å². The molecular formula is C28H24F3N7O5S. The van der Waals surface area contributed by atoms with Crippen molar-refractivity contribution < 1.29 is 35.5 Å².